The number of pyridine rings is 1. The minimum Gasteiger partial charge on any atom is -0.493 e. The van der Waals surface area contributed by atoms with Crippen molar-refractivity contribution >= 4 is 28.2 Å². The predicted octanol–water partition coefficient (Wildman–Crippen LogP) is 3.32. The summed E-state index contributed by atoms with van der Waals surface area (Å²) in [6.07, 6.45) is 0.767. The average Bonchev–Trinajstić information content (AvgIpc) is 2.82. The molecule has 0 aliphatic carbocycles. The van der Waals surface area contributed by atoms with E-state index in [0.29, 0.717) is 41.9 Å². The topological polar surface area (TPSA) is 75.8 Å². The molecule has 0 bridgehead atoms. The highest BCUT2D eigenvalue weighted by molar-refractivity contribution is 7.80. The largest absolute Gasteiger partial charge is 0.493 e. The van der Waals surface area contributed by atoms with Gasteiger partial charge in [-0.1, -0.05) is 11.6 Å². The molecule has 0 radical (unpaired) electrons. The van der Waals surface area contributed by atoms with E-state index in [4.69, 9.17) is 26.4 Å². The Labute approximate surface area is 198 Å². The van der Waals surface area contributed by atoms with E-state index >= 15 is 0 Å². The number of rotatable bonds is 6. The lowest BCUT2D eigenvalue weighted by Crippen LogP contribution is -2.47. The van der Waals surface area contributed by atoms with Crippen LogP contribution in [0.3, 0.4) is 0 Å². The molecule has 7 nitrogen and oxygen atoms in total. The molecule has 0 saturated carbocycles. The molecule has 0 spiro atoms. The van der Waals surface area contributed by atoms with E-state index < -0.39 is 0 Å². The van der Waals surface area contributed by atoms with Gasteiger partial charge in [-0.3, -0.25) is 4.79 Å². The summed E-state index contributed by atoms with van der Waals surface area (Å²) in [5.41, 5.74) is 4.53. The van der Waals surface area contributed by atoms with Gasteiger partial charge in [0.15, 0.2) is 16.6 Å². The lowest BCUT2D eigenvalue weighted by molar-refractivity contribution is 0.202. The van der Waals surface area contributed by atoms with Gasteiger partial charge in [0.05, 0.1) is 26.9 Å². The maximum absolute atomic E-state index is 13.3. The molecular weight excluding hydrogens is 438 g/mol. The Kier molecular flexibility index (Phi) is 6.85. The number of hydrogen-bond donors (Lipinski definition) is 2. The highest BCUT2D eigenvalue weighted by atomic mass is 32.1. The zero-order valence-corrected chi connectivity index (χ0v) is 20.2. The first-order valence-corrected chi connectivity index (χ1v) is 11.3. The second-order valence-corrected chi connectivity index (χ2v) is 8.51. The number of H-pyrrole nitrogens is 1. The first-order chi connectivity index (χ1) is 16.0. The number of benzene rings is 2. The van der Waals surface area contributed by atoms with Gasteiger partial charge in [-0.2, -0.15) is 0 Å². The second kappa shape index (κ2) is 9.80. The molecule has 1 atom stereocenters. The van der Waals surface area contributed by atoms with E-state index in [1.807, 2.05) is 37.3 Å². The summed E-state index contributed by atoms with van der Waals surface area (Å²) < 4.78 is 16.3. The molecule has 3 aromatic rings. The standard InChI is InChI=1S/C25H29N3O4S/c1-15-5-6-20-17(11-15)12-19(24(29)27-20)23-18-14-22(32-4)21(31-3)13-16(18)7-9-28(23)25(33)26-8-10-30-2/h5-6,11-14,23H,7-10H2,1-4H3,(H,26,33)(H,27,29)/t23-/m0/s1. The third kappa shape index (κ3) is 4.54. The van der Waals surface area contributed by atoms with Crippen molar-refractivity contribution in [1.82, 2.24) is 15.2 Å². The van der Waals surface area contributed by atoms with Crippen LogP contribution in [-0.4, -0.2) is 56.0 Å². The number of nitrogens with one attached hydrogen (secondary N) is 2. The molecule has 2 aromatic carbocycles. The monoisotopic (exact) mass is 467 g/mol. The van der Waals surface area contributed by atoms with Gasteiger partial charge >= 0.3 is 0 Å². The summed E-state index contributed by atoms with van der Waals surface area (Å²) in [6, 6.07) is 11.6. The highest BCUT2D eigenvalue weighted by Gasteiger charge is 2.33. The van der Waals surface area contributed by atoms with Crippen molar-refractivity contribution in [3.8, 4) is 11.5 Å². The van der Waals surface area contributed by atoms with Crippen molar-refractivity contribution < 1.29 is 14.2 Å². The van der Waals surface area contributed by atoms with E-state index in [9.17, 15) is 4.79 Å². The molecule has 1 aromatic heterocycles. The molecule has 0 amide bonds. The zero-order valence-electron chi connectivity index (χ0n) is 19.4. The fraction of sp³-hybridized carbons (Fsp3) is 0.360. The van der Waals surface area contributed by atoms with Gasteiger partial charge in [-0.05, 0) is 72.4 Å². The van der Waals surface area contributed by atoms with Gasteiger partial charge in [0.2, 0.25) is 0 Å². The number of nitrogens with zero attached hydrogens (tertiary/aromatic N) is 1. The molecule has 174 valence electrons. The van der Waals surface area contributed by atoms with Crippen LogP contribution in [0, 0.1) is 6.92 Å². The van der Waals surface area contributed by atoms with Crippen molar-refractivity contribution in [3.05, 3.63) is 69.0 Å². The third-order valence-electron chi connectivity index (χ3n) is 6.04. The summed E-state index contributed by atoms with van der Waals surface area (Å²) in [5.74, 6) is 1.29. The van der Waals surface area contributed by atoms with Gasteiger partial charge in [0.1, 0.15) is 0 Å². The SMILES string of the molecule is COCCNC(=S)N1CCc2cc(OC)c(OC)cc2[C@H]1c1cc2cc(C)ccc2[nH]c1=O. The first-order valence-electron chi connectivity index (χ1n) is 10.9. The van der Waals surface area contributed by atoms with Crippen molar-refractivity contribution in [2.45, 2.75) is 19.4 Å². The number of ether oxygens (including phenoxy) is 3. The Morgan fingerprint density at radius 2 is 1.88 bits per heavy atom. The molecule has 33 heavy (non-hydrogen) atoms. The maximum atomic E-state index is 13.3. The molecule has 2 N–H and O–H groups in total. The van der Waals surface area contributed by atoms with E-state index in [1.165, 1.54) is 0 Å². The maximum Gasteiger partial charge on any atom is 0.254 e. The number of aryl methyl sites for hydroxylation is 1. The summed E-state index contributed by atoms with van der Waals surface area (Å²) in [5, 5.41) is 4.83. The van der Waals surface area contributed by atoms with Crippen LogP contribution in [-0.2, 0) is 11.2 Å². The van der Waals surface area contributed by atoms with Gasteiger partial charge in [-0.25, -0.2) is 0 Å². The van der Waals surface area contributed by atoms with Crippen LogP contribution in [0.1, 0.15) is 28.3 Å². The van der Waals surface area contributed by atoms with Gasteiger partial charge in [0.25, 0.3) is 5.56 Å². The fourth-order valence-electron chi connectivity index (χ4n) is 4.41. The highest BCUT2D eigenvalue weighted by Crippen LogP contribution is 2.40. The van der Waals surface area contributed by atoms with Crippen LogP contribution < -0.4 is 20.3 Å². The molecular formula is C25H29N3O4S. The van der Waals surface area contributed by atoms with Crippen LogP contribution in [0.4, 0.5) is 0 Å². The van der Waals surface area contributed by atoms with Crippen molar-refractivity contribution in [2.75, 3.05) is 41.0 Å². The summed E-state index contributed by atoms with van der Waals surface area (Å²) >= 11 is 5.75. The van der Waals surface area contributed by atoms with Gasteiger partial charge in [-0.15, -0.1) is 0 Å². The normalized spacial score (nSPS) is 15.3. The Morgan fingerprint density at radius 1 is 1.12 bits per heavy atom. The lowest BCUT2D eigenvalue weighted by Gasteiger charge is -2.39. The molecule has 0 unspecified atom stereocenters. The number of fused-ring (bicyclic) bond motifs is 2. The first kappa shape index (κ1) is 23.1. The van der Waals surface area contributed by atoms with E-state index in [0.717, 1.165) is 34.0 Å². The van der Waals surface area contributed by atoms with Crippen LogP contribution >= 0.6 is 12.2 Å². The second-order valence-electron chi connectivity index (χ2n) is 8.12. The predicted molar refractivity (Wildman–Crippen MR) is 134 cm³/mol. The lowest BCUT2D eigenvalue weighted by atomic mass is 9.88. The Hall–Kier alpha value is -3.10. The quantitative estimate of drug-likeness (QED) is 0.425. The minimum absolute atomic E-state index is 0.135. The number of thiocarbonyl (C=S) groups is 1. The van der Waals surface area contributed by atoms with Crippen molar-refractivity contribution in [3.63, 3.8) is 0 Å². The number of aromatic amines is 1. The molecule has 0 fully saturated rings. The Balaban J connectivity index is 1.88. The van der Waals surface area contributed by atoms with E-state index in [2.05, 4.69) is 21.3 Å². The molecule has 8 heteroatoms. The molecule has 1 aliphatic rings. The minimum atomic E-state index is -0.371. The number of aromatic nitrogens is 1. The molecule has 2 heterocycles. The Bertz CT molecular complexity index is 1240. The molecule has 0 saturated heterocycles. The van der Waals surface area contributed by atoms with Crippen LogP contribution in [0.25, 0.3) is 10.9 Å². The van der Waals surface area contributed by atoms with Crippen LogP contribution in [0.5, 0.6) is 11.5 Å². The van der Waals surface area contributed by atoms with E-state index in [1.54, 1.807) is 21.3 Å². The van der Waals surface area contributed by atoms with Gasteiger partial charge in [0, 0.05) is 31.3 Å². The van der Waals surface area contributed by atoms with Crippen molar-refractivity contribution in [2.24, 2.45) is 0 Å². The van der Waals surface area contributed by atoms with E-state index in [-0.39, 0.29) is 11.6 Å². The Morgan fingerprint density at radius 3 is 2.61 bits per heavy atom. The summed E-state index contributed by atoms with van der Waals surface area (Å²) in [7, 11) is 4.89. The van der Waals surface area contributed by atoms with Crippen LogP contribution in [0.15, 0.2) is 41.2 Å². The smallest absolute Gasteiger partial charge is 0.254 e. The molecule has 1 aliphatic heterocycles. The zero-order chi connectivity index (χ0) is 23.5. The average molecular weight is 468 g/mol. The molecule has 4 rings (SSSR count). The fourth-order valence-corrected chi connectivity index (χ4v) is 4.71. The van der Waals surface area contributed by atoms with Crippen molar-refractivity contribution in [1.29, 1.82) is 0 Å². The van der Waals surface area contributed by atoms with Crippen LogP contribution in [0.2, 0.25) is 0 Å². The van der Waals surface area contributed by atoms with Gasteiger partial charge < -0.3 is 29.4 Å². The summed E-state index contributed by atoms with van der Waals surface area (Å²) in [4.78, 5) is 18.4. The number of methoxy groups -OCH3 is 3. The third-order valence-corrected chi connectivity index (χ3v) is 6.42. The summed E-state index contributed by atoms with van der Waals surface area (Å²) in [6.45, 7) is 3.83. The number of hydrogen-bond acceptors (Lipinski definition) is 5.